The van der Waals surface area contributed by atoms with Gasteiger partial charge in [-0.3, -0.25) is 9.78 Å². The number of likely N-dealkylation sites (N-methyl/N-ethyl adjacent to an activating group) is 1. The van der Waals surface area contributed by atoms with Gasteiger partial charge in [-0.25, -0.2) is 4.79 Å². The number of nitrogens with zero attached hydrogens (tertiary/aromatic N) is 3. The predicted molar refractivity (Wildman–Crippen MR) is 80.1 cm³/mol. The number of hydrogen-bond acceptors (Lipinski definition) is 3. The lowest BCUT2D eigenvalue weighted by Crippen LogP contribution is -2.48. The Morgan fingerprint density at radius 1 is 1.33 bits per heavy atom. The van der Waals surface area contributed by atoms with Crippen molar-refractivity contribution in [2.45, 2.75) is 32.7 Å². The number of carboxylic acid groups (broad SMARTS) is 1. The van der Waals surface area contributed by atoms with Crippen LogP contribution < -0.4 is 0 Å². The molecular formula is C15H23N3O3. The van der Waals surface area contributed by atoms with Gasteiger partial charge in [0.05, 0.1) is 0 Å². The molecule has 1 rings (SSSR count). The van der Waals surface area contributed by atoms with Crippen molar-refractivity contribution >= 4 is 12.0 Å². The van der Waals surface area contributed by atoms with Crippen molar-refractivity contribution in [3.63, 3.8) is 0 Å². The van der Waals surface area contributed by atoms with Gasteiger partial charge in [0.25, 0.3) is 0 Å². The van der Waals surface area contributed by atoms with Crippen molar-refractivity contribution in [2.24, 2.45) is 0 Å². The third-order valence-corrected chi connectivity index (χ3v) is 3.49. The summed E-state index contributed by atoms with van der Waals surface area (Å²) in [4.78, 5) is 30.2. The van der Waals surface area contributed by atoms with E-state index in [4.69, 9.17) is 5.11 Å². The van der Waals surface area contributed by atoms with Crippen LogP contribution in [0.4, 0.5) is 4.79 Å². The third kappa shape index (κ3) is 5.41. The highest BCUT2D eigenvalue weighted by Crippen LogP contribution is 2.08. The maximum atomic E-state index is 12.4. The van der Waals surface area contributed by atoms with E-state index >= 15 is 0 Å². The normalized spacial score (nSPS) is 11.8. The highest BCUT2D eigenvalue weighted by molar-refractivity contribution is 5.80. The van der Waals surface area contributed by atoms with Gasteiger partial charge in [0.15, 0.2) is 0 Å². The van der Waals surface area contributed by atoms with Gasteiger partial charge in [0.2, 0.25) is 0 Å². The number of amides is 2. The van der Waals surface area contributed by atoms with E-state index in [0.717, 1.165) is 12.0 Å². The molecule has 0 bridgehead atoms. The zero-order valence-electron chi connectivity index (χ0n) is 12.8. The number of aliphatic carboxylic acids is 1. The van der Waals surface area contributed by atoms with Crippen molar-refractivity contribution in [1.82, 2.24) is 14.8 Å². The molecule has 0 saturated carbocycles. The minimum atomic E-state index is -0.994. The van der Waals surface area contributed by atoms with Gasteiger partial charge in [0.1, 0.15) is 6.54 Å². The quantitative estimate of drug-likeness (QED) is 0.832. The van der Waals surface area contributed by atoms with Crippen molar-refractivity contribution in [3.05, 3.63) is 30.1 Å². The number of carbonyl (C=O) groups is 2. The molecule has 0 aromatic carbocycles. The minimum Gasteiger partial charge on any atom is -0.480 e. The van der Waals surface area contributed by atoms with Crippen LogP contribution in [-0.4, -0.2) is 58.1 Å². The van der Waals surface area contributed by atoms with E-state index in [1.807, 2.05) is 26.0 Å². The molecule has 6 nitrogen and oxygen atoms in total. The summed E-state index contributed by atoms with van der Waals surface area (Å²) in [7, 11) is 1.70. The maximum absolute atomic E-state index is 12.4. The zero-order valence-corrected chi connectivity index (χ0v) is 12.8. The highest BCUT2D eigenvalue weighted by Gasteiger charge is 2.24. The number of carbonyl (C=O) groups excluding carboxylic acids is 1. The smallest absolute Gasteiger partial charge is 0.323 e. The molecule has 2 amide bonds. The molecule has 1 heterocycles. The molecule has 1 aromatic heterocycles. The summed E-state index contributed by atoms with van der Waals surface area (Å²) in [5, 5.41) is 8.95. The fourth-order valence-corrected chi connectivity index (χ4v) is 1.94. The largest absolute Gasteiger partial charge is 0.480 e. The summed E-state index contributed by atoms with van der Waals surface area (Å²) in [6.45, 7) is 4.06. The Labute approximate surface area is 125 Å². The molecule has 0 radical (unpaired) electrons. The summed E-state index contributed by atoms with van der Waals surface area (Å²) >= 11 is 0. The van der Waals surface area contributed by atoms with Gasteiger partial charge in [-0.2, -0.15) is 0 Å². The number of pyridine rings is 1. The predicted octanol–water partition coefficient (Wildman–Crippen LogP) is 1.86. The van der Waals surface area contributed by atoms with Crippen molar-refractivity contribution in [2.75, 3.05) is 20.1 Å². The Morgan fingerprint density at radius 2 is 1.95 bits per heavy atom. The summed E-state index contributed by atoms with van der Waals surface area (Å²) in [6.07, 6.45) is 4.86. The Morgan fingerprint density at radius 3 is 2.48 bits per heavy atom. The van der Waals surface area contributed by atoms with Gasteiger partial charge >= 0.3 is 12.0 Å². The lowest BCUT2D eigenvalue weighted by atomic mass is 10.2. The number of urea groups is 1. The third-order valence-electron chi connectivity index (χ3n) is 3.49. The summed E-state index contributed by atoms with van der Waals surface area (Å²) < 4.78 is 0. The number of rotatable bonds is 7. The molecule has 0 fully saturated rings. The molecule has 0 aliphatic heterocycles. The van der Waals surface area contributed by atoms with Crippen molar-refractivity contribution < 1.29 is 14.7 Å². The first-order valence-electron chi connectivity index (χ1n) is 7.08. The fraction of sp³-hybridized carbons (Fsp3) is 0.533. The number of aromatic nitrogens is 1. The second-order valence-electron chi connectivity index (χ2n) is 5.09. The van der Waals surface area contributed by atoms with Gasteiger partial charge in [-0.1, -0.05) is 6.92 Å². The molecule has 116 valence electrons. The summed E-state index contributed by atoms with van der Waals surface area (Å²) in [6, 6.07) is 3.46. The summed E-state index contributed by atoms with van der Waals surface area (Å²) in [5.41, 5.74) is 1.10. The van der Waals surface area contributed by atoms with E-state index in [9.17, 15) is 9.59 Å². The average Bonchev–Trinajstić information content (AvgIpc) is 2.49. The number of hydrogen-bond donors (Lipinski definition) is 1. The Kier molecular flexibility index (Phi) is 6.65. The van der Waals surface area contributed by atoms with Crippen LogP contribution in [0.25, 0.3) is 0 Å². The first-order valence-corrected chi connectivity index (χ1v) is 7.08. The van der Waals surface area contributed by atoms with Crippen LogP contribution in [0.2, 0.25) is 0 Å². The van der Waals surface area contributed by atoms with Gasteiger partial charge in [-0.05, 0) is 37.5 Å². The van der Waals surface area contributed by atoms with Crippen LogP contribution in [-0.2, 0) is 11.2 Å². The molecule has 6 heteroatoms. The second kappa shape index (κ2) is 8.24. The molecular weight excluding hydrogens is 270 g/mol. The number of carboxylic acids is 1. The van der Waals surface area contributed by atoms with Crippen LogP contribution >= 0.6 is 0 Å². The van der Waals surface area contributed by atoms with E-state index in [-0.39, 0.29) is 18.6 Å². The topological polar surface area (TPSA) is 73.7 Å². The molecule has 0 spiro atoms. The second-order valence-corrected chi connectivity index (χ2v) is 5.09. The standard InChI is InChI=1S/C15H23N3O3/c1-4-12(2)18(11-14(19)20)15(21)17(3)10-7-13-5-8-16-9-6-13/h5-6,8-9,12H,4,7,10-11H2,1-3H3,(H,19,20). The van der Waals surface area contributed by atoms with Crippen LogP contribution in [0.3, 0.4) is 0 Å². The SMILES string of the molecule is CCC(C)N(CC(=O)O)C(=O)N(C)CCc1ccncc1. The van der Waals surface area contributed by atoms with Crippen molar-refractivity contribution in [1.29, 1.82) is 0 Å². The molecule has 0 saturated heterocycles. The maximum Gasteiger partial charge on any atom is 0.323 e. The highest BCUT2D eigenvalue weighted by atomic mass is 16.4. The fourth-order valence-electron chi connectivity index (χ4n) is 1.94. The van der Waals surface area contributed by atoms with Gasteiger partial charge in [0, 0.05) is 32.0 Å². The van der Waals surface area contributed by atoms with E-state index in [1.165, 1.54) is 4.90 Å². The summed E-state index contributed by atoms with van der Waals surface area (Å²) in [5.74, 6) is -0.994. The molecule has 21 heavy (non-hydrogen) atoms. The van der Waals surface area contributed by atoms with Gasteiger partial charge in [-0.15, -0.1) is 0 Å². The lowest BCUT2D eigenvalue weighted by molar-refractivity contribution is -0.138. The minimum absolute atomic E-state index is 0.100. The van der Waals surface area contributed by atoms with E-state index in [0.29, 0.717) is 13.0 Å². The van der Waals surface area contributed by atoms with Crippen LogP contribution in [0.5, 0.6) is 0 Å². The van der Waals surface area contributed by atoms with E-state index < -0.39 is 5.97 Å². The zero-order chi connectivity index (χ0) is 15.8. The first kappa shape index (κ1) is 16.9. The Hall–Kier alpha value is -2.11. The lowest BCUT2D eigenvalue weighted by Gasteiger charge is -2.31. The van der Waals surface area contributed by atoms with Crippen LogP contribution in [0, 0.1) is 0 Å². The molecule has 1 unspecified atom stereocenters. The first-order chi connectivity index (χ1) is 9.95. The van der Waals surface area contributed by atoms with E-state index in [1.54, 1.807) is 24.3 Å². The molecule has 1 atom stereocenters. The average molecular weight is 293 g/mol. The van der Waals surface area contributed by atoms with E-state index in [2.05, 4.69) is 4.98 Å². The molecule has 1 N–H and O–H groups in total. The van der Waals surface area contributed by atoms with Gasteiger partial charge < -0.3 is 14.9 Å². The van der Waals surface area contributed by atoms with Crippen LogP contribution in [0.15, 0.2) is 24.5 Å². The monoisotopic (exact) mass is 293 g/mol. The van der Waals surface area contributed by atoms with Crippen molar-refractivity contribution in [3.8, 4) is 0 Å². The Balaban J connectivity index is 2.62. The Bertz CT molecular complexity index is 464. The molecule has 1 aromatic rings. The molecule has 0 aliphatic rings. The van der Waals surface area contributed by atoms with Crippen LogP contribution in [0.1, 0.15) is 25.8 Å². The molecule has 0 aliphatic carbocycles.